The average molecular weight is 445 g/mol. The molecule has 0 aliphatic heterocycles. The van der Waals surface area contributed by atoms with Gasteiger partial charge in [-0.3, -0.25) is 0 Å². The average Bonchev–Trinajstić information content (AvgIpc) is 2.74. The Labute approximate surface area is 182 Å². The summed E-state index contributed by atoms with van der Waals surface area (Å²) in [6.45, 7) is 14.5. The van der Waals surface area contributed by atoms with Crippen LogP contribution >= 0.6 is 16.8 Å². The Kier molecular flexibility index (Phi) is 23.7. The van der Waals surface area contributed by atoms with Crippen LogP contribution in [0.3, 0.4) is 0 Å². The lowest BCUT2D eigenvalue weighted by Crippen LogP contribution is -1.98. The summed E-state index contributed by atoms with van der Waals surface area (Å²) in [7, 11) is -2.04. The Bertz CT molecular complexity index is 389. The van der Waals surface area contributed by atoms with E-state index in [1.807, 2.05) is 0 Å². The normalized spacial score (nSPS) is 13.9. The lowest BCUT2D eigenvalue weighted by atomic mass is 10.2. The molecule has 168 valence electrons. The van der Waals surface area contributed by atoms with Gasteiger partial charge < -0.3 is 18.1 Å². The van der Waals surface area contributed by atoms with Crippen LogP contribution < -0.4 is 0 Å². The molecule has 0 aromatic rings. The van der Waals surface area contributed by atoms with Crippen LogP contribution in [-0.4, -0.2) is 26.4 Å². The van der Waals surface area contributed by atoms with Crippen LogP contribution in [-0.2, 0) is 18.1 Å². The summed E-state index contributed by atoms with van der Waals surface area (Å²) in [6, 6.07) is 0. The van der Waals surface area contributed by atoms with Crippen molar-refractivity contribution in [3.8, 4) is 0 Å². The lowest BCUT2D eigenvalue weighted by Gasteiger charge is -2.15. The molecule has 6 heteroatoms. The molecule has 29 heavy (non-hydrogen) atoms. The van der Waals surface area contributed by atoms with E-state index in [-0.39, 0.29) is 0 Å². The maximum Gasteiger partial charge on any atom is 0.196 e. The summed E-state index contributed by atoms with van der Waals surface area (Å²) in [4.78, 5) is 0. The molecular formula is C23H42O4P2. The molecule has 0 aliphatic carbocycles. The second-order valence-electron chi connectivity index (χ2n) is 6.43. The summed E-state index contributed by atoms with van der Waals surface area (Å²) < 4.78 is 23.0. The topological polar surface area (TPSA) is 36.9 Å². The third kappa shape index (κ3) is 20.7. The molecule has 0 aromatic heterocycles. The summed E-state index contributed by atoms with van der Waals surface area (Å²) in [5.74, 6) is 3.51. The summed E-state index contributed by atoms with van der Waals surface area (Å²) in [6.07, 6.45) is 18.7. The highest BCUT2D eigenvalue weighted by Gasteiger charge is 2.07. The maximum atomic E-state index is 5.75. The van der Waals surface area contributed by atoms with E-state index < -0.39 is 16.8 Å². The molecule has 2 atom stereocenters. The highest BCUT2D eigenvalue weighted by Crippen LogP contribution is 2.41. The number of hydrogen-bond acceptors (Lipinski definition) is 4. The highest BCUT2D eigenvalue weighted by molar-refractivity contribution is 7.51. The minimum Gasteiger partial charge on any atom is -0.331 e. The van der Waals surface area contributed by atoms with Gasteiger partial charge in [-0.05, 0) is 43.7 Å². The third-order valence-electron chi connectivity index (χ3n) is 3.81. The second-order valence-corrected chi connectivity index (χ2v) is 9.33. The van der Waals surface area contributed by atoms with Gasteiger partial charge in [0.15, 0.2) is 16.8 Å². The number of unbranched alkanes of at least 4 members (excludes halogenated alkanes) is 4. The lowest BCUT2D eigenvalue weighted by molar-refractivity contribution is 0.217. The molecule has 0 spiro atoms. The molecule has 0 aliphatic rings. The number of hydrogen-bond donors (Lipinski definition) is 0. The van der Waals surface area contributed by atoms with E-state index in [2.05, 4.69) is 51.3 Å². The van der Waals surface area contributed by atoms with Gasteiger partial charge in [-0.25, -0.2) is 0 Å². The van der Waals surface area contributed by atoms with E-state index >= 15 is 0 Å². The van der Waals surface area contributed by atoms with Gasteiger partial charge in [-0.2, -0.15) is 0 Å². The Morgan fingerprint density at radius 2 is 0.931 bits per heavy atom. The van der Waals surface area contributed by atoms with Crippen LogP contribution in [0.4, 0.5) is 0 Å². The van der Waals surface area contributed by atoms with Gasteiger partial charge in [0.1, 0.15) is 0 Å². The zero-order valence-electron chi connectivity index (χ0n) is 18.6. The van der Waals surface area contributed by atoms with Crippen molar-refractivity contribution < 1.29 is 18.1 Å². The molecule has 0 bridgehead atoms. The van der Waals surface area contributed by atoms with Crippen LogP contribution in [0.25, 0.3) is 0 Å². The van der Waals surface area contributed by atoms with Gasteiger partial charge in [-0.1, -0.05) is 77.0 Å². The Hall–Kier alpha value is -0.340. The first-order chi connectivity index (χ1) is 14.3. The van der Waals surface area contributed by atoms with Crippen LogP contribution in [0.2, 0.25) is 0 Å². The first kappa shape index (κ1) is 28.7. The third-order valence-corrected chi connectivity index (χ3v) is 6.16. The zero-order chi connectivity index (χ0) is 21.4. The van der Waals surface area contributed by atoms with Crippen molar-refractivity contribution in [2.24, 2.45) is 0 Å². The molecule has 0 fully saturated rings. The van der Waals surface area contributed by atoms with Crippen molar-refractivity contribution in [2.45, 2.75) is 71.6 Å². The predicted molar refractivity (Wildman–Crippen MR) is 129 cm³/mol. The quantitative estimate of drug-likeness (QED) is 0.0951. The molecule has 0 aromatic carbocycles. The fourth-order valence-corrected chi connectivity index (χ4v) is 3.95. The molecule has 0 rings (SSSR count). The largest absolute Gasteiger partial charge is 0.331 e. The van der Waals surface area contributed by atoms with Crippen LogP contribution in [0.1, 0.15) is 71.6 Å². The van der Waals surface area contributed by atoms with Gasteiger partial charge in [0.2, 0.25) is 0 Å². The predicted octanol–water partition coefficient (Wildman–Crippen LogP) is 8.63. The van der Waals surface area contributed by atoms with Crippen molar-refractivity contribution >= 4 is 16.8 Å². The van der Waals surface area contributed by atoms with Crippen LogP contribution in [0.15, 0.2) is 49.1 Å². The molecule has 0 N–H and O–H groups in total. The molecule has 0 amide bonds. The van der Waals surface area contributed by atoms with E-state index in [0.717, 1.165) is 32.1 Å². The smallest absolute Gasteiger partial charge is 0.196 e. The molecule has 0 heterocycles. The van der Waals surface area contributed by atoms with Crippen molar-refractivity contribution in [2.75, 3.05) is 26.4 Å². The molecule has 0 radical (unpaired) electrons. The number of rotatable bonds is 22. The summed E-state index contributed by atoms with van der Waals surface area (Å²) >= 11 is 0. The molecule has 4 nitrogen and oxygen atoms in total. The number of allylic oxidation sites excluding steroid dienone is 2. The van der Waals surface area contributed by atoms with E-state index in [1.54, 1.807) is 11.6 Å². The van der Waals surface area contributed by atoms with Crippen molar-refractivity contribution in [3.63, 3.8) is 0 Å². The van der Waals surface area contributed by atoms with E-state index in [4.69, 9.17) is 18.1 Å². The zero-order valence-corrected chi connectivity index (χ0v) is 20.4. The minimum atomic E-state index is -1.02. The highest BCUT2D eigenvalue weighted by atomic mass is 31.2. The SMILES string of the molecule is C=CP(OCC/C=C\CCCC)OCCCOP(C=C)OCC/C=C\CCCC. The van der Waals surface area contributed by atoms with Gasteiger partial charge in [0, 0.05) is 0 Å². The van der Waals surface area contributed by atoms with E-state index in [0.29, 0.717) is 26.4 Å². The minimum absolute atomic E-state index is 0.588. The summed E-state index contributed by atoms with van der Waals surface area (Å²) in [5.41, 5.74) is 0. The molecule has 0 saturated heterocycles. The van der Waals surface area contributed by atoms with E-state index in [1.165, 1.54) is 25.7 Å². The van der Waals surface area contributed by atoms with Crippen LogP contribution in [0, 0.1) is 0 Å². The Morgan fingerprint density at radius 1 is 0.552 bits per heavy atom. The second kappa shape index (κ2) is 23.9. The van der Waals surface area contributed by atoms with Crippen molar-refractivity contribution in [1.82, 2.24) is 0 Å². The van der Waals surface area contributed by atoms with Gasteiger partial charge >= 0.3 is 0 Å². The van der Waals surface area contributed by atoms with E-state index in [9.17, 15) is 0 Å². The molecular weight excluding hydrogens is 402 g/mol. The van der Waals surface area contributed by atoms with Gasteiger partial charge in [-0.15, -0.1) is 0 Å². The van der Waals surface area contributed by atoms with Crippen molar-refractivity contribution in [1.29, 1.82) is 0 Å². The molecule has 0 saturated carbocycles. The Morgan fingerprint density at radius 3 is 1.31 bits per heavy atom. The standard InChI is InChI=1S/C23H42O4P2/c1-5-9-11-13-15-17-20-24-28(7-3)26-22-19-23-27-29(8-4)25-21-18-16-14-12-10-6-2/h7-8,13-16H,3-6,9-12,17-23H2,1-2H3/b15-13-,16-14-. The maximum absolute atomic E-state index is 5.75. The summed E-state index contributed by atoms with van der Waals surface area (Å²) in [5, 5.41) is 0. The Balaban J connectivity index is 3.68. The van der Waals surface area contributed by atoms with Crippen LogP contribution in [0.5, 0.6) is 0 Å². The first-order valence-corrected chi connectivity index (χ1v) is 13.4. The fraction of sp³-hybridized carbons (Fsp3) is 0.652. The van der Waals surface area contributed by atoms with Gasteiger partial charge in [0.05, 0.1) is 26.4 Å². The fourth-order valence-electron chi connectivity index (χ4n) is 2.19. The monoisotopic (exact) mass is 444 g/mol. The molecule has 2 unspecified atom stereocenters. The van der Waals surface area contributed by atoms with Crippen molar-refractivity contribution in [3.05, 3.63) is 49.1 Å². The van der Waals surface area contributed by atoms with Gasteiger partial charge in [0.25, 0.3) is 0 Å². The first-order valence-electron chi connectivity index (χ1n) is 10.9.